The minimum Gasteiger partial charge on any atom is -0.507 e. The van der Waals surface area contributed by atoms with Gasteiger partial charge in [0.05, 0.1) is 29.6 Å². The van der Waals surface area contributed by atoms with E-state index in [0.29, 0.717) is 23.0 Å². The number of hydrogen-bond donors (Lipinski definition) is 2. The number of amides is 1. The molecule has 0 saturated heterocycles. The molecule has 1 aromatic heterocycles. The lowest BCUT2D eigenvalue weighted by atomic mass is 10.2. The number of nitrogens with one attached hydrogen (secondary N) is 1. The maximum atomic E-state index is 12.0. The summed E-state index contributed by atoms with van der Waals surface area (Å²) in [5.41, 5.74) is 4.92. The molecule has 0 spiro atoms. The number of halogens is 1. The van der Waals surface area contributed by atoms with E-state index in [-0.39, 0.29) is 11.3 Å². The summed E-state index contributed by atoms with van der Waals surface area (Å²) in [6.45, 7) is 2.36. The normalized spacial score (nSPS) is 11.0. The Morgan fingerprint density at radius 2 is 1.92 bits per heavy atom. The van der Waals surface area contributed by atoms with Crippen molar-refractivity contribution >= 4 is 23.7 Å². The zero-order chi connectivity index (χ0) is 18.5. The summed E-state index contributed by atoms with van der Waals surface area (Å²) in [4.78, 5) is 12.0. The number of phenolic OH excluding ortho intramolecular Hbond substituents is 1. The molecular formula is C19H17ClN4O2. The fourth-order valence-electron chi connectivity index (χ4n) is 2.46. The second-order valence-corrected chi connectivity index (χ2v) is 6.01. The smallest absolute Gasteiger partial charge is 0.275 e. The van der Waals surface area contributed by atoms with Gasteiger partial charge in [0.25, 0.3) is 5.91 Å². The Labute approximate surface area is 155 Å². The van der Waals surface area contributed by atoms with E-state index in [2.05, 4.69) is 15.6 Å². The summed E-state index contributed by atoms with van der Waals surface area (Å²) in [6.07, 6.45) is 1.45. The molecule has 2 aromatic carbocycles. The number of carbonyl (C=O) groups excluding carboxylic acids is 1. The quantitative estimate of drug-likeness (QED) is 0.535. The number of para-hydroxylation sites is 1. The number of aryl methyl sites for hydroxylation is 1. The molecule has 26 heavy (non-hydrogen) atoms. The van der Waals surface area contributed by atoms with Crippen LogP contribution in [-0.2, 0) is 6.54 Å². The monoisotopic (exact) mass is 368 g/mol. The van der Waals surface area contributed by atoms with Crippen molar-refractivity contribution in [3.8, 4) is 5.75 Å². The van der Waals surface area contributed by atoms with Crippen LogP contribution in [-0.4, -0.2) is 27.0 Å². The molecule has 0 aliphatic heterocycles. The predicted octanol–water partition coefficient (Wildman–Crippen LogP) is 3.36. The van der Waals surface area contributed by atoms with E-state index in [9.17, 15) is 9.90 Å². The molecule has 0 saturated carbocycles. The molecule has 3 rings (SSSR count). The Morgan fingerprint density at radius 3 is 2.65 bits per heavy atom. The standard InChI is InChI=1S/C19H17ClN4O2/c1-13-16(11-21-22-19(26)15-9-5-6-10-17(15)25)18(20)24(23-13)12-14-7-3-2-4-8-14/h2-11,25H,12H2,1H3,(H,22,26)/b21-11+. The molecular weight excluding hydrogens is 352 g/mol. The number of nitrogens with zero attached hydrogens (tertiary/aromatic N) is 3. The number of aromatic nitrogens is 2. The Hall–Kier alpha value is -3.12. The third-order valence-corrected chi connectivity index (χ3v) is 4.19. The van der Waals surface area contributed by atoms with Gasteiger partial charge < -0.3 is 5.11 Å². The van der Waals surface area contributed by atoms with E-state index < -0.39 is 5.91 Å². The van der Waals surface area contributed by atoms with Gasteiger partial charge in [0, 0.05) is 0 Å². The van der Waals surface area contributed by atoms with Gasteiger partial charge in [-0.1, -0.05) is 54.1 Å². The average Bonchev–Trinajstić information content (AvgIpc) is 2.90. The molecule has 6 nitrogen and oxygen atoms in total. The van der Waals surface area contributed by atoms with Crippen LogP contribution >= 0.6 is 11.6 Å². The molecule has 0 aliphatic rings. The molecule has 0 radical (unpaired) electrons. The highest BCUT2D eigenvalue weighted by molar-refractivity contribution is 6.32. The van der Waals surface area contributed by atoms with E-state index in [1.165, 1.54) is 18.3 Å². The van der Waals surface area contributed by atoms with E-state index in [4.69, 9.17) is 11.6 Å². The van der Waals surface area contributed by atoms with Crippen LogP contribution in [0.3, 0.4) is 0 Å². The molecule has 0 fully saturated rings. The van der Waals surface area contributed by atoms with Crippen molar-refractivity contribution in [3.63, 3.8) is 0 Å². The van der Waals surface area contributed by atoms with Crippen LogP contribution in [0.2, 0.25) is 5.15 Å². The minimum atomic E-state index is -0.509. The zero-order valence-electron chi connectivity index (χ0n) is 14.1. The van der Waals surface area contributed by atoms with Crippen LogP contribution in [0.25, 0.3) is 0 Å². The van der Waals surface area contributed by atoms with Gasteiger partial charge in [-0.15, -0.1) is 0 Å². The molecule has 2 N–H and O–H groups in total. The van der Waals surface area contributed by atoms with Gasteiger partial charge in [0.2, 0.25) is 0 Å². The molecule has 1 heterocycles. The molecule has 7 heteroatoms. The lowest BCUT2D eigenvalue weighted by molar-refractivity contribution is 0.0952. The Kier molecular flexibility index (Phi) is 5.34. The predicted molar refractivity (Wildman–Crippen MR) is 101 cm³/mol. The van der Waals surface area contributed by atoms with Gasteiger partial charge in [0.1, 0.15) is 10.9 Å². The Balaban J connectivity index is 1.73. The maximum absolute atomic E-state index is 12.0. The maximum Gasteiger partial charge on any atom is 0.275 e. The zero-order valence-corrected chi connectivity index (χ0v) is 14.8. The molecule has 132 valence electrons. The first kappa shape index (κ1) is 17.7. The van der Waals surface area contributed by atoms with E-state index in [1.807, 2.05) is 37.3 Å². The van der Waals surface area contributed by atoms with Crippen molar-refractivity contribution in [3.05, 3.63) is 82.1 Å². The highest BCUT2D eigenvalue weighted by Crippen LogP contribution is 2.19. The third-order valence-electron chi connectivity index (χ3n) is 3.79. The van der Waals surface area contributed by atoms with Crippen molar-refractivity contribution in [1.82, 2.24) is 15.2 Å². The number of hydrazone groups is 1. The van der Waals surface area contributed by atoms with Gasteiger partial charge in [-0.05, 0) is 24.6 Å². The summed E-state index contributed by atoms with van der Waals surface area (Å²) in [5, 5.41) is 18.5. The molecule has 0 aliphatic carbocycles. The highest BCUT2D eigenvalue weighted by Gasteiger charge is 2.13. The van der Waals surface area contributed by atoms with Gasteiger partial charge in [-0.3, -0.25) is 4.79 Å². The SMILES string of the molecule is Cc1nn(Cc2ccccc2)c(Cl)c1/C=N/NC(=O)c1ccccc1O. The average molecular weight is 369 g/mol. The molecule has 0 unspecified atom stereocenters. The van der Waals surface area contributed by atoms with Crippen molar-refractivity contribution in [2.75, 3.05) is 0 Å². The summed E-state index contributed by atoms with van der Waals surface area (Å²) in [7, 11) is 0. The van der Waals surface area contributed by atoms with Gasteiger partial charge in [0.15, 0.2) is 0 Å². The Morgan fingerprint density at radius 1 is 1.23 bits per heavy atom. The van der Waals surface area contributed by atoms with Gasteiger partial charge in [-0.25, -0.2) is 10.1 Å². The van der Waals surface area contributed by atoms with E-state index >= 15 is 0 Å². The second-order valence-electron chi connectivity index (χ2n) is 5.65. The third kappa shape index (κ3) is 3.92. The van der Waals surface area contributed by atoms with Crippen LogP contribution in [0.5, 0.6) is 5.75 Å². The largest absolute Gasteiger partial charge is 0.507 e. The molecule has 0 bridgehead atoms. The number of aromatic hydroxyl groups is 1. The Bertz CT molecular complexity index is 951. The lowest BCUT2D eigenvalue weighted by Gasteiger charge is -2.03. The van der Waals surface area contributed by atoms with Crippen LogP contribution in [0.4, 0.5) is 0 Å². The van der Waals surface area contributed by atoms with Crippen molar-refractivity contribution < 1.29 is 9.90 Å². The number of benzene rings is 2. The van der Waals surface area contributed by atoms with Crippen LogP contribution in [0, 0.1) is 6.92 Å². The van der Waals surface area contributed by atoms with Crippen molar-refractivity contribution in [2.24, 2.45) is 5.10 Å². The fourth-order valence-corrected chi connectivity index (χ4v) is 2.74. The van der Waals surface area contributed by atoms with Crippen LogP contribution in [0.15, 0.2) is 59.7 Å². The summed E-state index contributed by atoms with van der Waals surface area (Å²) < 4.78 is 1.68. The number of hydrogen-bond acceptors (Lipinski definition) is 4. The lowest BCUT2D eigenvalue weighted by Crippen LogP contribution is -2.17. The first-order valence-corrected chi connectivity index (χ1v) is 8.32. The van der Waals surface area contributed by atoms with Crippen molar-refractivity contribution in [2.45, 2.75) is 13.5 Å². The summed E-state index contributed by atoms with van der Waals surface area (Å²) >= 11 is 6.39. The highest BCUT2D eigenvalue weighted by atomic mass is 35.5. The van der Waals surface area contributed by atoms with E-state index in [1.54, 1.807) is 16.8 Å². The fraction of sp³-hybridized carbons (Fsp3) is 0.105. The first-order valence-electron chi connectivity index (χ1n) is 7.94. The first-order chi connectivity index (χ1) is 12.6. The number of phenols is 1. The van der Waals surface area contributed by atoms with Crippen molar-refractivity contribution in [1.29, 1.82) is 0 Å². The molecule has 0 atom stereocenters. The van der Waals surface area contributed by atoms with Crippen LogP contribution < -0.4 is 5.43 Å². The second kappa shape index (κ2) is 7.84. The van der Waals surface area contributed by atoms with Crippen LogP contribution in [0.1, 0.15) is 27.2 Å². The number of carbonyl (C=O) groups is 1. The van der Waals surface area contributed by atoms with E-state index in [0.717, 1.165) is 5.56 Å². The van der Waals surface area contributed by atoms with Gasteiger partial charge >= 0.3 is 0 Å². The van der Waals surface area contributed by atoms with Gasteiger partial charge in [-0.2, -0.15) is 10.2 Å². The number of rotatable bonds is 5. The minimum absolute atomic E-state index is 0.106. The topological polar surface area (TPSA) is 79.5 Å². The summed E-state index contributed by atoms with van der Waals surface area (Å²) in [6, 6.07) is 16.1. The summed E-state index contributed by atoms with van der Waals surface area (Å²) in [5.74, 6) is -0.616. The molecule has 3 aromatic rings. The molecule has 1 amide bonds.